The molecule has 1 aliphatic carbocycles. The Morgan fingerprint density at radius 2 is 1.94 bits per heavy atom. The van der Waals surface area contributed by atoms with Crippen molar-refractivity contribution in [2.45, 2.75) is 46.0 Å². The fraction of sp³-hybridized carbons (Fsp3) is 0.714. The number of nitrogens with two attached hydrogens (primary N) is 1. The van der Waals surface area contributed by atoms with Gasteiger partial charge in [-0.3, -0.25) is 0 Å². The first-order valence-electron chi connectivity index (χ1n) is 6.92. The van der Waals surface area contributed by atoms with Gasteiger partial charge in [-0.25, -0.2) is 9.97 Å². The molecule has 1 heterocycles. The first-order valence-corrected chi connectivity index (χ1v) is 6.92. The van der Waals surface area contributed by atoms with E-state index in [2.05, 4.69) is 29.1 Å². The number of hydrogen-bond acceptors (Lipinski definition) is 4. The van der Waals surface area contributed by atoms with E-state index in [9.17, 15) is 0 Å². The third-order valence-corrected chi connectivity index (χ3v) is 3.86. The van der Waals surface area contributed by atoms with Gasteiger partial charge in [0, 0.05) is 18.9 Å². The van der Waals surface area contributed by atoms with Crippen molar-refractivity contribution in [1.29, 1.82) is 0 Å². The van der Waals surface area contributed by atoms with E-state index in [1.807, 2.05) is 0 Å². The van der Waals surface area contributed by atoms with Crippen molar-refractivity contribution in [3.63, 3.8) is 0 Å². The molecule has 0 bridgehead atoms. The number of nitrogen functional groups attached to an aromatic ring is 1. The van der Waals surface area contributed by atoms with Gasteiger partial charge in [0.1, 0.15) is 0 Å². The Hall–Kier alpha value is -1.32. The molecule has 0 amide bonds. The van der Waals surface area contributed by atoms with Gasteiger partial charge in [0.2, 0.25) is 0 Å². The van der Waals surface area contributed by atoms with Crippen LogP contribution < -0.4 is 11.1 Å². The van der Waals surface area contributed by atoms with Gasteiger partial charge < -0.3 is 11.1 Å². The molecule has 0 atom stereocenters. The Bertz CT molecular complexity index is 383. The highest BCUT2D eigenvalue weighted by Gasteiger charge is 2.34. The molecule has 0 radical (unpaired) electrons. The summed E-state index contributed by atoms with van der Waals surface area (Å²) in [4.78, 5) is 8.31. The molecule has 1 aromatic heterocycles. The minimum absolute atomic E-state index is 0.429. The lowest BCUT2D eigenvalue weighted by Crippen LogP contribution is -2.29. The van der Waals surface area contributed by atoms with E-state index in [0.29, 0.717) is 11.2 Å². The molecule has 4 heteroatoms. The minimum atomic E-state index is 0.429. The van der Waals surface area contributed by atoms with Crippen molar-refractivity contribution in [2.75, 3.05) is 17.6 Å². The van der Waals surface area contributed by atoms with E-state index in [0.717, 1.165) is 18.3 Å². The van der Waals surface area contributed by atoms with Crippen LogP contribution in [0.3, 0.4) is 0 Å². The van der Waals surface area contributed by atoms with Crippen LogP contribution in [0.4, 0.5) is 11.6 Å². The zero-order valence-electron chi connectivity index (χ0n) is 11.4. The van der Waals surface area contributed by atoms with Crippen molar-refractivity contribution < 1.29 is 0 Å². The first-order chi connectivity index (χ1) is 8.61. The summed E-state index contributed by atoms with van der Waals surface area (Å²) in [6, 6.07) is 0. The van der Waals surface area contributed by atoms with Gasteiger partial charge in [-0.1, -0.05) is 26.7 Å². The molecule has 2 rings (SSSR count). The summed E-state index contributed by atoms with van der Waals surface area (Å²) >= 11 is 0. The highest BCUT2D eigenvalue weighted by molar-refractivity contribution is 5.54. The topological polar surface area (TPSA) is 63.8 Å². The number of rotatable bonds is 5. The summed E-state index contributed by atoms with van der Waals surface area (Å²) in [6.45, 7) is 5.57. The van der Waals surface area contributed by atoms with Crippen LogP contribution in [0, 0.1) is 11.3 Å². The van der Waals surface area contributed by atoms with Crippen LogP contribution in [-0.4, -0.2) is 16.5 Å². The molecular weight excluding hydrogens is 224 g/mol. The minimum Gasteiger partial charge on any atom is -0.381 e. The van der Waals surface area contributed by atoms with Gasteiger partial charge >= 0.3 is 0 Å². The number of aromatic nitrogens is 2. The maximum atomic E-state index is 5.81. The maximum Gasteiger partial charge on any atom is 0.168 e. The van der Waals surface area contributed by atoms with Gasteiger partial charge in [-0.15, -0.1) is 0 Å². The Morgan fingerprint density at radius 1 is 1.28 bits per heavy atom. The van der Waals surface area contributed by atoms with Crippen molar-refractivity contribution >= 4 is 11.6 Å². The van der Waals surface area contributed by atoms with Gasteiger partial charge in [-0.05, 0) is 30.6 Å². The van der Waals surface area contributed by atoms with E-state index in [4.69, 9.17) is 5.73 Å². The van der Waals surface area contributed by atoms with E-state index in [1.165, 1.54) is 32.1 Å². The fourth-order valence-corrected chi connectivity index (χ4v) is 3.20. The van der Waals surface area contributed by atoms with E-state index >= 15 is 0 Å². The van der Waals surface area contributed by atoms with Gasteiger partial charge in [0.15, 0.2) is 11.6 Å². The second-order valence-electron chi connectivity index (χ2n) is 5.95. The normalized spacial score (nSPS) is 18.2. The average molecular weight is 248 g/mol. The number of hydrogen-bond donors (Lipinski definition) is 2. The SMILES string of the molecule is CC(C)CC1(CNc2nccnc2N)CCCC1. The third-order valence-electron chi connectivity index (χ3n) is 3.86. The van der Waals surface area contributed by atoms with Crippen LogP contribution in [0.5, 0.6) is 0 Å². The predicted molar refractivity (Wildman–Crippen MR) is 75.3 cm³/mol. The standard InChI is InChI=1S/C14H24N4/c1-11(2)9-14(5-3-4-6-14)10-18-13-12(15)16-7-8-17-13/h7-8,11H,3-6,9-10H2,1-2H3,(H2,15,16)(H,17,18). The molecule has 100 valence electrons. The molecule has 3 N–H and O–H groups in total. The zero-order valence-corrected chi connectivity index (χ0v) is 11.4. The van der Waals surface area contributed by atoms with Crippen molar-refractivity contribution in [3.05, 3.63) is 12.4 Å². The summed E-state index contributed by atoms with van der Waals surface area (Å²) in [6.07, 6.45) is 9.92. The number of nitrogens with one attached hydrogen (secondary N) is 1. The maximum absolute atomic E-state index is 5.81. The predicted octanol–water partition coefficient (Wildman–Crippen LogP) is 3.08. The molecule has 0 aromatic carbocycles. The summed E-state index contributed by atoms with van der Waals surface area (Å²) < 4.78 is 0. The van der Waals surface area contributed by atoms with Crippen LogP contribution >= 0.6 is 0 Å². The highest BCUT2D eigenvalue weighted by atomic mass is 15.1. The first kappa shape index (κ1) is 13.1. The lowest BCUT2D eigenvalue weighted by atomic mass is 9.78. The van der Waals surface area contributed by atoms with E-state index < -0.39 is 0 Å². The van der Waals surface area contributed by atoms with Crippen molar-refractivity contribution in [3.8, 4) is 0 Å². The monoisotopic (exact) mass is 248 g/mol. The van der Waals surface area contributed by atoms with Gasteiger partial charge in [0.25, 0.3) is 0 Å². The Balaban J connectivity index is 2.00. The summed E-state index contributed by atoms with van der Waals surface area (Å²) in [7, 11) is 0. The molecule has 0 unspecified atom stereocenters. The lowest BCUT2D eigenvalue weighted by Gasteiger charge is -2.31. The second kappa shape index (κ2) is 5.55. The van der Waals surface area contributed by atoms with Crippen LogP contribution in [0.15, 0.2) is 12.4 Å². The Kier molecular flexibility index (Phi) is 4.04. The summed E-state index contributed by atoms with van der Waals surface area (Å²) in [5.74, 6) is 1.96. The summed E-state index contributed by atoms with van der Waals surface area (Å²) in [5, 5.41) is 3.40. The quantitative estimate of drug-likeness (QED) is 0.840. The third kappa shape index (κ3) is 3.12. The van der Waals surface area contributed by atoms with Crippen molar-refractivity contribution in [2.24, 2.45) is 11.3 Å². The molecule has 4 nitrogen and oxygen atoms in total. The van der Waals surface area contributed by atoms with Gasteiger partial charge in [-0.2, -0.15) is 0 Å². The number of anilines is 2. The molecule has 1 saturated carbocycles. The Labute approximate surface area is 109 Å². The average Bonchev–Trinajstić information content (AvgIpc) is 2.76. The molecule has 0 spiro atoms. The molecule has 1 aliphatic rings. The summed E-state index contributed by atoms with van der Waals surface area (Å²) in [5.41, 5.74) is 6.24. The molecule has 18 heavy (non-hydrogen) atoms. The molecule has 0 saturated heterocycles. The van der Waals surface area contributed by atoms with Crippen molar-refractivity contribution in [1.82, 2.24) is 9.97 Å². The van der Waals surface area contributed by atoms with Crippen LogP contribution in [-0.2, 0) is 0 Å². The fourth-order valence-electron chi connectivity index (χ4n) is 3.20. The number of nitrogens with zero attached hydrogens (tertiary/aromatic N) is 2. The highest BCUT2D eigenvalue weighted by Crippen LogP contribution is 2.43. The second-order valence-corrected chi connectivity index (χ2v) is 5.95. The largest absolute Gasteiger partial charge is 0.381 e. The molecule has 1 fully saturated rings. The lowest BCUT2D eigenvalue weighted by molar-refractivity contribution is 0.252. The Morgan fingerprint density at radius 3 is 2.56 bits per heavy atom. The van der Waals surface area contributed by atoms with Crippen LogP contribution in [0.25, 0.3) is 0 Å². The van der Waals surface area contributed by atoms with E-state index in [-0.39, 0.29) is 0 Å². The molecular formula is C14H24N4. The van der Waals surface area contributed by atoms with Crippen LogP contribution in [0.2, 0.25) is 0 Å². The van der Waals surface area contributed by atoms with Crippen LogP contribution in [0.1, 0.15) is 46.0 Å². The smallest absolute Gasteiger partial charge is 0.168 e. The molecule has 0 aliphatic heterocycles. The molecule has 1 aromatic rings. The van der Waals surface area contributed by atoms with E-state index in [1.54, 1.807) is 12.4 Å². The zero-order chi connectivity index (χ0) is 13.0. The van der Waals surface area contributed by atoms with Gasteiger partial charge in [0.05, 0.1) is 0 Å².